The average Bonchev–Trinajstić information content (AvgIpc) is 3.35. The van der Waals surface area contributed by atoms with Crippen LogP contribution in [0.4, 0.5) is 5.69 Å². The number of benzene rings is 1. The second-order valence-corrected chi connectivity index (χ2v) is 8.34. The van der Waals surface area contributed by atoms with E-state index in [1.165, 1.54) is 4.68 Å². The van der Waals surface area contributed by atoms with E-state index in [9.17, 15) is 14.4 Å². The lowest BCUT2D eigenvalue weighted by atomic mass is 10.2. The first-order valence-corrected chi connectivity index (χ1v) is 11.0. The first-order chi connectivity index (χ1) is 15.8. The van der Waals surface area contributed by atoms with Gasteiger partial charge in [-0.1, -0.05) is 18.2 Å². The van der Waals surface area contributed by atoms with Gasteiger partial charge in [-0.2, -0.15) is 0 Å². The number of carbonyl (C=O) groups excluding carboxylic acids is 2. The zero-order valence-electron chi connectivity index (χ0n) is 19.4. The summed E-state index contributed by atoms with van der Waals surface area (Å²) in [6, 6.07) is 12.3. The van der Waals surface area contributed by atoms with E-state index in [0.29, 0.717) is 43.4 Å². The number of para-hydroxylation sites is 1. The molecule has 4 rings (SSSR count). The lowest BCUT2D eigenvalue weighted by Gasteiger charge is -2.37. The summed E-state index contributed by atoms with van der Waals surface area (Å²) in [7, 11) is 1.79. The molecule has 2 amide bonds. The van der Waals surface area contributed by atoms with Crippen molar-refractivity contribution in [2.24, 2.45) is 7.05 Å². The van der Waals surface area contributed by atoms with E-state index in [2.05, 4.69) is 5.32 Å². The van der Waals surface area contributed by atoms with E-state index in [4.69, 9.17) is 4.42 Å². The fraction of sp³-hybridized carbons (Fsp3) is 0.375. The topological polar surface area (TPSA) is 92.7 Å². The molecule has 0 saturated carbocycles. The first kappa shape index (κ1) is 22.6. The van der Waals surface area contributed by atoms with Gasteiger partial charge < -0.3 is 14.6 Å². The predicted octanol–water partition coefficient (Wildman–Crippen LogP) is 2.17. The van der Waals surface area contributed by atoms with Crippen LogP contribution in [0.3, 0.4) is 0 Å². The Morgan fingerprint density at radius 2 is 1.67 bits per heavy atom. The number of aryl methyl sites for hydroxylation is 1. The largest absolute Gasteiger partial charge is 0.456 e. The van der Waals surface area contributed by atoms with Gasteiger partial charge in [-0.15, -0.1) is 0 Å². The number of anilines is 1. The molecule has 9 heteroatoms. The second-order valence-electron chi connectivity index (χ2n) is 8.34. The van der Waals surface area contributed by atoms with E-state index in [1.807, 2.05) is 49.1 Å². The van der Waals surface area contributed by atoms with Crippen LogP contribution in [-0.2, 0) is 11.8 Å². The van der Waals surface area contributed by atoms with Crippen LogP contribution in [0.1, 0.15) is 28.9 Å². The zero-order valence-corrected chi connectivity index (χ0v) is 19.4. The van der Waals surface area contributed by atoms with E-state index in [-0.39, 0.29) is 23.1 Å². The van der Waals surface area contributed by atoms with Crippen LogP contribution in [0.25, 0.3) is 5.69 Å². The fourth-order valence-corrected chi connectivity index (χ4v) is 4.12. The molecule has 1 saturated heterocycles. The minimum Gasteiger partial charge on any atom is -0.456 e. The number of amides is 2. The number of nitrogens with one attached hydrogen (secondary N) is 1. The summed E-state index contributed by atoms with van der Waals surface area (Å²) in [4.78, 5) is 42.4. The molecule has 1 aliphatic rings. The van der Waals surface area contributed by atoms with Crippen molar-refractivity contribution in [2.45, 2.75) is 26.8 Å². The molecular formula is C24H29N5O4. The van der Waals surface area contributed by atoms with Crippen LogP contribution in [0, 0.1) is 13.8 Å². The number of piperazine rings is 1. The maximum Gasteiger partial charge on any atom is 0.295 e. The Labute approximate surface area is 192 Å². The third kappa shape index (κ3) is 4.36. The van der Waals surface area contributed by atoms with Crippen LogP contribution in [0.5, 0.6) is 0 Å². The van der Waals surface area contributed by atoms with Gasteiger partial charge >= 0.3 is 0 Å². The molecule has 0 aliphatic carbocycles. The van der Waals surface area contributed by atoms with Crippen molar-refractivity contribution in [3.05, 3.63) is 70.0 Å². The molecule has 3 aromatic rings. The van der Waals surface area contributed by atoms with Gasteiger partial charge in [0.1, 0.15) is 11.4 Å². The summed E-state index contributed by atoms with van der Waals surface area (Å²) in [5, 5.41) is 2.84. The molecule has 1 aromatic carbocycles. The number of aromatic nitrogens is 2. The number of hydrogen-bond acceptors (Lipinski definition) is 5. The standard InChI is InChI=1S/C24H29N5O4/c1-16-10-11-20(33-16)23(31)28-14-12-27(13-15-28)18(3)22(30)25-21-17(2)26(4)29(24(21)32)19-8-6-5-7-9-19/h5-11,18H,12-15H2,1-4H3,(H,25,30). The molecule has 1 aliphatic heterocycles. The van der Waals surface area contributed by atoms with Crippen LogP contribution in [0.15, 0.2) is 51.7 Å². The van der Waals surface area contributed by atoms with Crippen molar-refractivity contribution < 1.29 is 14.0 Å². The zero-order chi connectivity index (χ0) is 23.7. The minimum atomic E-state index is -0.447. The molecule has 1 N–H and O–H groups in total. The molecule has 9 nitrogen and oxygen atoms in total. The van der Waals surface area contributed by atoms with Gasteiger partial charge in [0.25, 0.3) is 11.5 Å². The van der Waals surface area contributed by atoms with Gasteiger partial charge in [0.15, 0.2) is 5.76 Å². The van der Waals surface area contributed by atoms with Crippen molar-refractivity contribution in [2.75, 3.05) is 31.5 Å². The van der Waals surface area contributed by atoms with Crippen molar-refractivity contribution >= 4 is 17.5 Å². The summed E-state index contributed by atoms with van der Waals surface area (Å²) >= 11 is 0. The predicted molar refractivity (Wildman–Crippen MR) is 125 cm³/mol. The van der Waals surface area contributed by atoms with Gasteiger partial charge in [0.2, 0.25) is 5.91 Å². The summed E-state index contributed by atoms with van der Waals surface area (Å²) < 4.78 is 8.71. The van der Waals surface area contributed by atoms with Gasteiger partial charge in [-0.05, 0) is 45.0 Å². The highest BCUT2D eigenvalue weighted by Crippen LogP contribution is 2.17. The number of nitrogens with zero attached hydrogens (tertiary/aromatic N) is 4. The van der Waals surface area contributed by atoms with Crippen molar-refractivity contribution in [3.63, 3.8) is 0 Å². The van der Waals surface area contributed by atoms with Crippen molar-refractivity contribution in [1.82, 2.24) is 19.2 Å². The number of furan rings is 1. The monoisotopic (exact) mass is 451 g/mol. The SMILES string of the molecule is Cc1ccc(C(=O)N2CCN(C(C)C(=O)Nc3c(C)n(C)n(-c4ccccc4)c3=O)CC2)o1. The third-order valence-corrected chi connectivity index (χ3v) is 6.28. The second kappa shape index (κ2) is 9.11. The molecule has 33 heavy (non-hydrogen) atoms. The highest BCUT2D eigenvalue weighted by molar-refractivity contribution is 5.95. The van der Waals surface area contributed by atoms with Crippen molar-refractivity contribution in [1.29, 1.82) is 0 Å². The Morgan fingerprint density at radius 1 is 1.00 bits per heavy atom. The maximum absolute atomic E-state index is 13.1. The van der Waals surface area contributed by atoms with E-state index in [0.717, 1.165) is 5.69 Å². The minimum absolute atomic E-state index is 0.138. The van der Waals surface area contributed by atoms with E-state index in [1.54, 1.807) is 35.7 Å². The Morgan fingerprint density at radius 3 is 2.27 bits per heavy atom. The molecule has 0 radical (unpaired) electrons. The molecular weight excluding hydrogens is 422 g/mol. The molecule has 0 spiro atoms. The lowest BCUT2D eigenvalue weighted by molar-refractivity contribution is -0.121. The van der Waals surface area contributed by atoms with Crippen molar-refractivity contribution in [3.8, 4) is 5.69 Å². The maximum atomic E-state index is 13.1. The van der Waals surface area contributed by atoms with Crippen LogP contribution in [0.2, 0.25) is 0 Å². The van der Waals surface area contributed by atoms with Gasteiger partial charge in [-0.3, -0.25) is 24.0 Å². The summed E-state index contributed by atoms with van der Waals surface area (Å²) in [5.41, 5.74) is 1.41. The summed E-state index contributed by atoms with van der Waals surface area (Å²) in [6.07, 6.45) is 0. The summed E-state index contributed by atoms with van der Waals surface area (Å²) in [6.45, 7) is 7.55. The number of hydrogen-bond donors (Lipinski definition) is 1. The first-order valence-electron chi connectivity index (χ1n) is 11.0. The molecule has 174 valence electrons. The van der Waals surface area contributed by atoms with E-state index >= 15 is 0 Å². The Hall–Kier alpha value is -3.59. The average molecular weight is 452 g/mol. The molecule has 1 atom stereocenters. The molecule has 0 bridgehead atoms. The molecule has 2 aromatic heterocycles. The Kier molecular flexibility index (Phi) is 6.24. The highest BCUT2D eigenvalue weighted by Gasteiger charge is 2.30. The Balaban J connectivity index is 1.42. The summed E-state index contributed by atoms with van der Waals surface area (Å²) in [5.74, 6) is 0.648. The van der Waals surface area contributed by atoms with Gasteiger partial charge in [0, 0.05) is 33.2 Å². The third-order valence-electron chi connectivity index (χ3n) is 6.28. The molecule has 1 fully saturated rings. The van der Waals surface area contributed by atoms with Crippen LogP contribution >= 0.6 is 0 Å². The van der Waals surface area contributed by atoms with Crippen LogP contribution in [-0.4, -0.2) is 63.2 Å². The number of rotatable bonds is 5. The van der Waals surface area contributed by atoms with E-state index < -0.39 is 6.04 Å². The fourth-order valence-electron chi connectivity index (χ4n) is 4.12. The Bertz CT molecular complexity index is 1220. The lowest BCUT2D eigenvalue weighted by Crippen LogP contribution is -2.54. The quantitative estimate of drug-likeness (QED) is 0.642. The van der Waals surface area contributed by atoms with Gasteiger partial charge in [0.05, 0.1) is 17.4 Å². The smallest absolute Gasteiger partial charge is 0.295 e. The highest BCUT2D eigenvalue weighted by atomic mass is 16.3. The number of carbonyl (C=O) groups is 2. The molecule has 3 heterocycles. The van der Waals surface area contributed by atoms with Crippen LogP contribution < -0.4 is 10.9 Å². The normalized spacial score (nSPS) is 15.5. The van der Waals surface area contributed by atoms with Gasteiger partial charge in [-0.25, -0.2) is 4.68 Å². The molecule has 1 unspecified atom stereocenters.